The largest absolute Gasteiger partial charge is 0.463 e. The summed E-state index contributed by atoms with van der Waals surface area (Å²) in [5.74, 6) is 1.64. The molecule has 3 rings (SSSR count). The summed E-state index contributed by atoms with van der Waals surface area (Å²) in [4.78, 5) is 6.36. The van der Waals surface area contributed by atoms with Crippen LogP contribution in [-0.4, -0.2) is 32.3 Å². The first kappa shape index (κ1) is 14.3. The highest BCUT2D eigenvalue weighted by Gasteiger charge is 2.18. The van der Waals surface area contributed by atoms with Crippen LogP contribution in [0, 0.1) is 0 Å². The van der Waals surface area contributed by atoms with Gasteiger partial charge in [0.15, 0.2) is 0 Å². The van der Waals surface area contributed by atoms with E-state index in [1.165, 1.54) is 0 Å². The lowest BCUT2D eigenvalue weighted by Gasteiger charge is -2.21. The molecule has 1 atom stereocenters. The van der Waals surface area contributed by atoms with Crippen molar-refractivity contribution in [3.05, 3.63) is 54.6 Å². The number of ether oxygens (including phenoxy) is 2. The number of likely N-dealkylation sites (N-methyl/N-ethyl adjacent to an activating group) is 1. The topological polar surface area (TPSA) is 60.1 Å². The summed E-state index contributed by atoms with van der Waals surface area (Å²) in [6.45, 7) is 1.31. The molecule has 0 amide bonds. The van der Waals surface area contributed by atoms with Gasteiger partial charge in [-0.15, -0.1) is 0 Å². The van der Waals surface area contributed by atoms with Crippen LogP contribution in [0.2, 0.25) is 0 Å². The lowest BCUT2D eigenvalue weighted by Crippen LogP contribution is -2.28. The van der Waals surface area contributed by atoms with Gasteiger partial charge in [-0.2, -0.15) is 0 Å². The highest BCUT2D eigenvalue weighted by Crippen LogP contribution is 2.24. The molecule has 2 aromatic rings. The van der Waals surface area contributed by atoms with Gasteiger partial charge in [-0.3, -0.25) is 0 Å². The second-order valence-corrected chi connectivity index (χ2v) is 5.22. The van der Waals surface area contributed by atoms with E-state index in [0.29, 0.717) is 6.61 Å². The molecule has 1 unspecified atom stereocenters. The number of anilines is 1. The van der Waals surface area contributed by atoms with Crippen LogP contribution in [0.15, 0.2) is 59.6 Å². The Morgan fingerprint density at radius 3 is 2.45 bits per heavy atom. The maximum Gasteiger partial charge on any atom is 0.282 e. The molecule has 2 N–H and O–H groups in total. The number of aliphatic imine (C=N–C) groups is 1. The van der Waals surface area contributed by atoms with Crippen molar-refractivity contribution in [2.75, 3.05) is 25.1 Å². The molecule has 0 aliphatic carbocycles. The van der Waals surface area contributed by atoms with Gasteiger partial charge in [-0.1, -0.05) is 18.2 Å². The molecule has 0 saturated heterocycles. The van der Waals surface area contributed by atoms with Gasteiger partial charge in [0, 0.05) is 19.3 Å². The van der Waals surface area contributed by atoms with E-state index in [1.54, 1.807) is 0 Å². The van der Waals surface area contributed by atoms with Crippen LogP contribution in [0.5, 0.6) is 11.5 Å². The molecule has 5 heteroatoms. The van der Waals surface area contributed by atoms with Crippen molar-refractivity contribution < 1.29 is 9.47 Å². The Morgan fingerprint density at radius 2 is 1.82 bits per heavy atom. The number of benzene rings is 2. The molecular formula is C17H19N3O2. The normalized spacial score (nSPS) is 16.8. The molecule has 0 fully saturated rings. The summed E-state index contributed by atoms with van der Waals surface area (Å²) in [5, 5.41) is 0. The fraction of sp³-hybridized carbons (Fsp3) is 0.235. The van der Waals surface area contributed by atoms with Gasteiger partial charge < -0.3 is 20.1 Å². The fourth-order valence-corrected chi connectivity index (χ4v) is 2.34. The minimum atomic E-state index is 0.0882. The quantitative estimate of drug-likeness (QED) is 0.921. The summed E-state index contributed by atoms with van der Waals surface area (Å²) >= 11 is 0. The molecule has 0 bridgehead atoms. The summed E-state index contributed by atoms with van der Waals surface area (Å²) in [6, 6.07) is 18.1. The van der Waals surface area contributed by atoms with Crippen LogP contribution in [0.25, 0.3) is 0 Å². The van der Waals surface area contributed by atoms with Crippen molar-refractivity contribution >= 4 is 11.7 Å². The van der Waals surface area contributed by atoms with Crippen LogP contribution in [-0.2, 0) is 4.74 Å². The van der Waals surface area contributed by atoms with E-state index in [-0.39, 0.29) is 12.1 Å². The molecule has 1 aliphatic rings. The first-order valence-corrected chi connectivity index (χ1v) is 7.21. The van der Waals surface area contributed by atoms with Crippen LogP contribution in [0.3, 0.4) is 0 Å². The summed E-state index contributed by atoms with van der Waals surface area (Å²) in [5.41, 5.74) is 6.62. The van der Waals surface area contributed by atoms with Gasteiger partial charge in [0.25, 0.3) is 6.02 Å². The molecular weight excluding hydrogens is 278 g/mol. The smallest absolute Gasteiger partial charge is 0.282 e. The number of nitrogens with two attached hydrogens (primary N) is 1. The molecule has 0 radical (unpaired) electrons. The third-order valence-electron chi connectivity index (χ3n) is 3.47. The molecule has 5 nitrogen and oxygen atoms in total. The molecule has 2 aromatic carbocycles. The maximum absolute atomic E-state index is 5.78. The van der Waals surface area contributed by atoms with Crippen molar-refractivity contribution in [1.82, 2.24) is 0 Å². The van der Waals surface area contributed by atoms with E-state index >= 15 is 0 Å². The van der Waals surface area contributed by atoms with Crippen molar-refractivity contribution in [3.63, 3.8) is 0 Å². The molecule has 0 spiro atoms. The predicted octanol–water partition coefficient (Wildman–Crippen LogP) is 2.63. The SMILES string of the molecule is CN(CC1COC(N)=N1)c1ccc(Oc2ccccc2)cc1. The first-order chi connectivity index (χ1) is 10.7. The number of hydrogen-bond donors (Lipinski definition) is 1. The first-order valence-electron chi connectivity index (χ1n) is 7.21. The van der Waals surface area contributed by atoms with Crippen LogP contribution in [0.4, 0.5) is 5.69 Å². The Morgan fingerprint density at radius 1 is 1.14 bits per heavy atom. The Kier molecular flexibility index (Phi) is 4.14. The number of rotatable bonds is 5. The van der Waals surface area contributed by atoms with Gasteiger partial charge in [0.1, 0.15) is 24.1 Å². The standard InChI is InChI=1S/C17H19N3O2/c1-20(11-13-12-21-17(18)19-13)14-7-9-16(10-8-14)22-15-5-3-2-4-6-15/h2-10,13H,11-12H2,1H3,(H2,18,19). The summed E-state index contributed by atoms with van der Waals surface area (Å²) in [6.07, 6.45) is 0. The van der Waals surface area contributed by atoms with E-state index in [9.17, 15) is 0 Å². The van der Waals surface area contributed by atoms with Gasteiger partial charge in [0.05, 0.1) is 0 Å². The van der Waals surface area contributed by atoms with Gasteiger partial charge in [-0.25, -0.2) is 4.99 Å². The molecule has 22 heavy (non-hydrogen) atoms. The molecule has 1 aliphatic heterocycles. The molecule has 0 saturated carbocycles. The minimum Gasteiger partial charge on any atom is -0.463 e. The van der Waals surface area contributed by atoms with E-state index < -0.39 is 0 Å². The third-order valence-corrected chi connectivity index (χ3v) is 3.47. The average Bonchev–Trinajstić information content (AvgIpc) is 2.94. The Hall–Kier alpha value is -2.69. The second kappa shape index (κ2) is 6.39. The second-order valence-electron chi connectivity index (χ2n) is 5.22. The zero-order chi connectivity index (χ0) is 15.4. The van der Waals surface area contributed by atoms with Crippen molar-refractivity contribution in [3.8, 4) is 11.5 Å². The lowest BCUT2D eigenvalue weighted by atomic mass is 10.2. The Labute approximate surface area is 130 Å². The Bertz CT molecular complexity index is 641. The predicted molar refractivity (Wildman–Crippen MR) is 87.6 cm³/mol. The average molecular weight is 297 g/mol. The molecule has 1 heterocycles. The van der Waals surface area contributed by atoms with Crippen LogP contribution in [0.1, 0.15) is 0 Å². The lowest BCUT2D eigenvalue weighted by molar-refractivity contribution is 0.314. The summed E-state index contributed by atoms with van der Waals surface area (Å²) in [7, 11) is 2.02. The van der Waals surface area contributed by atoms with Gasteiger partial charge in [0.2, 0.25) is 0 Å². The van der Waals surface area contributed by atoms with E-state index in [4.69, 9.17) is 15.2 Å². The van der Waals surface area contributed by atoms with E-state index in [0.717, 1.165) is 23.7 Å². The highest BCUT2D eigenvalue weighted by molar-refractivity contribution is 5.73. The monoisotopic (exact) mass is 297 g/mol. The zero-order valence-corrected chi connectivity index (χ0v) is 12.5. The number of nitrogens with zero attached hydrogens (tertiary/aromatic N) is 2. The molecule has 114 valence electrons. The van der Waals surface area contributed by atoms with Crippen LogP contribution >= 0.6 is 0 Å². The third kappa shape index (κ3) is 3.49. The van der Waals surface area contributed by atoms with Gasteiger partial charge in [-0.05, 0) is 36.4 Å². The number of amidine groups is 1. The van der Waals surface area contributed by atoms with Crippen molar-refractivity contribution in [1.29, 1.82) is 0 Å². The Balaban J connectivity index is 1.61. The van der Waals surface area contributed by atoms with E-state index in [2.05, 4.69) is 9.89 Å². The maximum atomic E-state index is 5.78. The van der Waals surface area contributed by atoms with Gasteiger partial charge >= 0.3 is 0 Å². The molecule has 0 aromatic heterocycles. The number of para-hydroxylation sites is 1. The zero-order valence-electron chi connectivity index (χ0n) is 12.5. The van der Waals surface area contributed by atoms with Crippen molar-refractivity contribution in [2.24, 2.45) is 10.7 Å². The minimum absolute atomic E-state index is 0.0882. The number of hydrogen-bond acceptors (Lipinski definition) is 5. The fourth-order valence-electron chi connectivity index (χ4n) is 2.34. The highest BCUT2D eigenvalue weighted by atomic mass is 16.5. The van der Waals surface area contributed by atoms with Crippen LogP contribution < -0.4 is 15.4 Å². The van der Waals surface area contributed by atoms with E-state index in [1.807, 2.05) is 61.6 Å². The summed E-state index contributed by atoms with van der Waals surface area (Å²) < 4.78 is 11.0. The van der Waals surface area contributed by atoms with Crippen molar-refractivity contribution in [2.45, 2.75) is 6.04 Å².